The summed E-state index contributed by atoms with van der Waals surface area (Å²) in [5, 5.41) is 10.3. The zero-order valence-corrected chi connectivity index (χ0v) is 13.1. The summed E-state index contributed by atoms with van der Waals surface area (Å²) >= 11 is 3.53. The fourth-order valence-corrected chi connectivity index (χ4v) is 3.55. The number of rotatable bonds is 3. The fourth-order valence-electron chi connectivity index (χ4n) is 2.86. The summed E-state index contributed by atoms with van der Waals surface area (Å²) in [6.45, 7) is 0. The predicted octanol–water partition coefficient (Wildman–Crippen LogP) is 3.87. The van der Waals surface area contributed by atoms with E-state index < -0.39 is 0 Å². The summed E-state index contributed by atoms with van der Waals surface area (Å²) < 4.78 is 11.6. The van der Waals surface area contributed by atoms with E-state index in [4.69, 9.17) is 9.47 Å². The third-order valence-corrected chi connectivity index (χ3v) is 4.65. The normalized spacial score (nSPS) is 23.8. The average Bonchev–Trinajstić information content (AvgIpc) is 2.63. The number of ether oxygens (including phenoxy) is 2. The molecule has 0 radical (unpaired) electrons. The molecule has 106 valence electrons. The molecule has 1 aromatic carbocycles. The number of aliphatic hydroxyl groups is 1. The quantitative estimate of drug-likeness (QED) is 0.856. The van der Waals surface area contributed by atoms with Crippen LogP contribution in [-0.2, 0) is 0 Å². The maximum atomic E-state index is 10.3. The summed E-state index contributed by atoms with van der Waals surface area (Å²) in [5.41, 5.74) is 1.07. The number of aliphatic hydroxyl groups excluding tert-OH is 1. The average molecular weight is 329 g/mol. The third-order valence-electron chi connectivity index (χ3n) is 3.90. The van der Waals surface area contributed by atoms with Gasteiger partial charge in [-0.3, -0.25) is 0 Å². The van der Waals surface area contributed by atoms with Crippen molar-refractivity contribution in [1.29, 1.82) is 0 Å². The van der Waals surface area contributed by atoms with Crippen molar-refractivity contribution in [2.45, 2.75) is 44.1 Å². The maximum Gasteiger partial charge on any atom is 0.140 e. The molecular weight excluding hydrogens is 308 g/mol. The minimum atomic E-state index is -0.281. The first-order valence-corrected chi connectivity index (χ1v) is 7.56. The summed E-state index contributed by atoms with van der Waals surface area (Å²) in [4.78, 5) is 0. The highest BCUT2D eigenvalue weighted by Crippen LogP contribution is 2.43. The highest BCUT2D eigenvalue weighted by molar-refractivity contribution is 9.10. The van der Waals surface area contributed by atoms with Crippen molar-refractivity contribution in [3.05, 3.63) is 22.2 Å². The van der Waals surface area contributed by atoms with Gasteiger partial charge in [0, 0.05) is 11.5 Å². The van der Waals surface area contributed by atoms with Crippen LogP contribution >= 0.6 is 15.9 Å². The lowest BCUT2D eigenvalue weighted by molar-refractivity contribution is 0.134. The maximum absolute atomic E-state index is 10.3. The van der Waals surface area contributed by atoms with Crippen LogP contribution < -0.4 is 9.47 Å². The zero-order chi connectivity index (χ0) is 13.8. The van der Waals surface area contributed by atoms with Crippen molar-refractivity contribution in [1.82, 2.24) is 0 Å². The molecule has 1 fully saturated rings. The van der Waals surface area contributed by atoms with Crippen LogP contribution in [0.25, 0.3) is 0 Å². The molecule has 2 rings (SSSR count). The van der Waals surface area contributed by atoms with Gasteiger partial charge in [0.15, 0.2) is 0 Å². The lowest BCUT2D eigenvalue weighted by Crippen LogP contribution is -2.17. The van der Waals surface area contributed by atoms with Crippen LogP contribution in [0, 0.1) is 0 Å². The minimum Gasteiger partial charge on any atom is -0.495 e. The van der Waals surface area contributed by atoms with Crippen LogP contribution in [-0.4, -0.2) is 25.4 Å². The molecule has 0 spiro atoms. The Bertz CT molecular complexity index is 434. The van der Waals surface area contributed by atoms with Crippen molar-refractivity contribution in [3.63, 3.8) is 0 Å². The van der Waals surface area contributed by atoms with Crippen LogP contribution in [0.1, 0.15) is 43.6 Å². The molecule has 1 aliphatic rings. The van der Waals surface area contributed by atoms with E-state index in [1.54, 1.807) is 14.2 Å². The third kappa shape index (κ3) is 3.06. The number of halogens is 1. The smallest absolute Gasteiger partial charge is 0.140 e. The van der Waals surface area contributed by atoms with Crippen molar-refractivity contribution < 1.29 is 14.6 Å². The Labute approximate surface area is 123 Å². The molecule has 19 heavy (non-hydrogen) atoms. The Morgan fingerprint density at radius 1 is 1.11 bits per heavy atom. The molecule has 2 unspecified atom stereocenters. The number of methoxy groups -OCH3 is 2. The van der Waals surface area contributed by atoms with Gasteiger partial charge in [-0.15, -0.1) is 0 Å². The molecule has 0 heterocycles. The first-order chi connectivity index (χ1) is 9.19. The number of hydrogen-bond acceptors (Lipinski definition) is 3. The molecule has 1 aliphatic carbocycles. The number of hydrogen-bond donors (Lipinski definition) is 1. The van der Waals surface area contributed by atoms with Gasteiger partial charge in [0.2, 0.25) is 0 Å². The monoisotopic (exact) mass is 328 g/mol. The van der Waals surface area contributed by atoms with Gasteiger partial charge in [0.25, 0.3) is 0 Å². The van der Waals surface area contributed by atoms with E-state index in [9.17, 15) is 5.11 Å². The van der Waals surface area contributed by atoms with Crippen LogP contribution in [0.4, 0.5) is 0 Å². The van der Waals surface area contributed by atoms with E-state index >= 15 is 0 Å². The van der Waals surface area contributed by atoms with Crippen LogP contribution in [0.3, 0.4) is 0 Å². The molecule has 0 bridgehead atoms. The largest absolute Gasteiger partial charge is 0.495 e. The Hall–Kier alpha value is -0.740. The van der Waals surface area contributed by atoms with Crippen LogP contribution in [0.2, 0.25) is 0 Å². The topological polar surface area (TPSA) is 38.7 Å². The van der Waals surface area contributed by atoms with E-state index in [-0.39, 0.29) is 12.0 Å². The predicted molar refractivity (Wildman–Crippen MR) is 79.1 cm³/mol. The van der Waals surface area contributed by atoms with E-state index in [0.717, 1.165) is 47.2 Å². The second-order valence-corrected chi connectivity index (χ2v) is 5.81. The van der Waals surface area contributed by atoms with Gasteiger partial charge < -0.3 is 14.6 Å². The molecule has 0 saturated heterocycles. The molecule has 1 aromatic rings. The van der Waals surface area contributed by atoms with Crippen molar-refractivity contribution in [2.24, 2.45) is 0 Å². The molecule has 2 atom stereocenters. The second kappa shape index (κ2) is 6.62. The molecular formula is C15H21BrO3. The highest BCUT2D eigenvalue weighted by Gasteiger charge is 2.27. The van der Waals surface area contributed by atoms with Gasteiger partial charge in [-0.05, 0) is 34.8 Å². The minimum absolute atomic E-state index is 0.152. The van der Waals surface area contributed by atoms with Crippen LogP contribution in [0.5, 0.6) is 11.5 Å². The van der Waals surface area contributed by atoms with E-state index in [0.29, 0.717) is 0 Å². The fraction of sp³-hybridized carbons (Fsp3) is 0.600. The van der Waals surface area contributed by atoms with Gasteiger partial charge in [-0.2, -0.15) is 0 Å². The summed E-state index contributed by atoms with van der Waals surface area (Å²) in [6.07, 6.45) is 5.07. The molecule has 4 heteroatoms. The number of benzene rings is 1. The van der Waals surface area contributed by atoms with Gasteiger partial charge in [0.05, 0.1) is 20.3 Å². The molecule has 1 N–H and O–H groups in total. The molecule has 0 amide bonds. The lowest BCUT2D eigenvalue weighted by Gasteiger charge is -2.24. The Morgan fingerprint density at radius 3 is 2.53 bits per heavy atom. The highest BCUT2D eigenvalue weighted by atomic mass is 79.9. The van der Waals surface area contributed by atoms with E-state index in [2.05, 4.69) is 15.9 Å². The van der Waals surface area contributed by atoms with Gasteiger partial charge in [0.1, 0.15) is 16.0 Å². The first kappa shape index (κ1) is 14.7. The molecule has 3 nitrogen and oxygen atoms in total. The molecule has 0 aromatic heterocycles. The standard InChI is InChI=1S/C15H21BrO3/c1-18-13-9-8-11(15(19-2)14(13)16)10-6-4-3-5-7-12(10)17/h8-10,12,17H,3-7H2,1-2H3. The van der Waals surface area contributed by atoms with Crippen molar-refractivity contribution in [2.75, 3.05) is 14.2 Å². The van der Waals surface area contributed by atoms with Crippen molar-refractivity contribution in [3.8, 4) is 11.5 Å². The van der Waals surface area contributed by atoms with E-state index in [1.807, 2.05) is 12.1 Å². The SMILES string of the molecule is COc1ccc(C2CCCCCC2O)c(OC)c1Br. The first-order valence-electron chi connectivity index (χ1n) is 6.77. The molecule has 1 saturated carbocycles. The van der Waals surface area contributed by atoms with Gasteiger partial charge in [-0.25, -0.2) is 0 Å². The Morgan fingerprint density at radius 2 is 1.84 bits per heavy atom. The Kier molecular flexibility index (Phi) is 5.11. The lowest BCUT2D eigenvalue weighted by atomic mass is 9.88. The zero-order valence-electron chi connectivity index (χ0n) is 11.5. The second-order valence-electron chi connectivity index (χ2n) is 5.02. The van der Waals surface area contributed by atoms with Gasteiger partial charge >= 0.3 is 0 Å². The Balaban J connectivity index is 2.40. The van der Waals surface area contributed by atoms with E-state index in [1.165, 1.54) is 6.42 Å². The van der Waals surface area contributed by atoms with Gasteiger partial charge in [-0.1, -0.05) is 25.3 Å². The van der Waals surface area contributed by atoms with Crippen LogP contribution in [0.15, 0.2) is 16.6 Å². The summed E-state index contributed by atoms with van der Waals surface area (Å²) in [6, 6.07) is 3.95. The van der Waals surface area contributed by atoms with Crippen molar-refractivity contribution >= 4 is 15.9 Å². The molecule has 0 aliphatic heterocycles. The summed E-state index contributed by atoms with van der Waals surface area (Å²) in [5.74, 6) is 1.69. The summed E-state index contributed by atoms with van der Waals surface area (Å²) in [7, 11) is 3.30.